The van der Waals surface area contributed by atoms with Gasteiger partial charge in [0, 0.05) is 31.6 Å². The van der Waals surface area contributed by atoms with E-state index in [1.54, 1.807) is 19.0 Å². The maximum Gasteiger partial charge on any atom is 0.316 e. The molecule has 15 heavy (non-hydrogen) atoms. The first-order valence-corrected chi connectivity index (χ1v) is 7.82. The molecule has 1 atom stereocenters. The fraction of sp³-hybridized carbons (Fsp3) is 0.900. The van der Waals surface area contributed by atoms with Crippen molar-refractivity contribution in [1.29, 1.82) is 0 Å². The quantitative estimate of drug-likeness (QED) is 0.599. The van der Waals surface area contributed by atoms with E-state index in [0.29, 0.717) is 0 Å². The highest BCUT2D eigenvalue weighted by Crippen LogP contribution is 2.39. The normalized spacial score (nSPS) is 20.3. The summed E-state index contributed by atoms with van der Waals surface area (Å²) >= 11 is 0. The first-order valence-electron chi connectivity index (χ1n) is 5.43. The molecular formula is C10H20N2OS2. The molecule has 3 nitrogen and oxygen atoms in total. The van der Waals surface area contributed by atoms with Crippen molar-refractivity contribution in [2.75, 3.05) is 26.4 Å². The van der Waals surface area contributed by atoms with E-state index < -0.39 is 0 Å². The Morgan fingerprint density at radius 1 is 1.47 bits per heavy atom. The van der Waals surface area contributed by atoms with Crippen molar-refractivity contribution in [2.24, 2.45) is 0 Å². The molecule has 0 aliphatic carbocycles. The van der Waals surface area contributed by atoms with Gasteiger partial charge in [-0.25, -0.2) is 4.79 Å². The smallest absolute Gasteiger partial charge is 0.316 e. The zero-order valence-corrected chi connectivity index (χ0v) is 11.1. The molecule has 1 unspecified atom stereocenters. The summed E-state index contributed by atoms with van der Waals surface area (Å²) in [5.74, 6) is 1.31. The van der Waals surface area contributed by atoms with Crippen LogP contribution >= 0.6 is 21.6 Å². The van der Waals surface area contributed by atoms with Gasteiger partial charge >= 0.3 is 6.03 Å². The molecule has 1 aliphatic rings. The summed E-state index contributed by atoms with van der Waals surface area (Å²) in [7, 11) is 7.56. The molecule has 1 rings (SSSR count). The average molecular weight is 248 g/mol. The van der Waals surface area contributed by atoms with Crippen LogP contribution in [-0.4, -0.2) is 42.6 Å². The van der Waals surface area contributed by atoms with Gasteiger partial charge in [-0.05, 0) is 19.3 Å². The van der Waals surface area contributed by atoms with Crippen LogP contribution in [0.25, 0.3) is 0 Å². The van der Waals surface area contributed by atoms with Gasteiger partial charge in [-0.2, -0.15) is 0 Å². The Balaban J connectivity index is 1.90. The lowest BCUT2D eigenvalue weighted by Gasteiger charge is -2.12. The summed E-state index contributed by atoms with van der Waals surface area (Å²) in [5, 5.41) is 3.74. The predicted molar refractivity (Wildman–Crippen MR) is 69.4 cm³/mol. The molecule has 0 aromatic carbocycles. The van der Waals surface area contributed by atoms with Gasteiger partial charge in [-0.15, -0.1) is 0 Å². The van der Waals surface area contributed by atoms with Crippen LogP contribution in [0.2, 0.25) is 0 Å². The van der Waals surface area contributed by atoms with Gasteiger partial charge in [0.15, 0.2) is 0 Å². The summed E-state index contributed by atoms with van der Waals surface area (Å²) in [6.45, 7) is 0.807. The molecule has 1 fully saturated rings. The number of carbonyl (C=O) groups excluding carboxylic acids is 1. The summed E-state index contributed by atoms with van der Waals surface area (Å²) in [5.41, 5.74) is 0. The molecule has 0 aromatic rings. The van der Waals surface area contributed by atoms with E-state index in [9.17, 15) is 4.79 Å². The number of nitrogens with zero attached hydrogens (tertiary/aromatic N) is 1. The van der Waals surface area contributed by atoms with Crippen molar-refractivity contribution in [3.63, 3.8) is 0 Å². The minimum atomic E-state index is 0.0146. The number of hydrogen-bond donors (Lipinski definition) is 1. The molecule has 0 bridgehead atoms. The maximum atomic E-state index is 11.2. The van der Waals surface area contributed by atoms with Crippen molar-refractivity contribution < 1.29 is 4.79 Å². The zero-order valence-electron chi connectivity index (χ0n) is 9.49. The molecule has 0 aromatic heterocycles. The van der Waals surface area contributed by atoms with Gasteiger partial charge in [0.1, 0.15) is 0 Å². The second-order valence-electron chi connectivity index (χ2n) is 3.95. The van der Waals surface area contributed by atoms with Gasteiger partial charge in [-0.3, -0.25) is 0 Å². The Morgan fingerprint density at radius 3 is 2.87 bits per heavy atom. The van der Waals surface area contributed by atoms with Crippen LogP contribution in [0.5, 0.6) is 0 Å². The molecule has 1 saturated heterocycles. The van der Waals surface area contributed by atoms with E-state index in [2.05, 4.69) is 5.32 Å². The first-order chi connectivity index (χ1) is 7.20. The number of unbranched alkanes of at least 4 members (excludes halogenated alkanes) is 1. The minimum absolute atomic E-state index is 0.0146. The van der Waals surface area contributed by atoms with Gasteiger partial charge < -0.3 is 10.2 Å². The van der Waals surface area contributed by atoms with Crippen LogP contribution in [-0.2, 0) is 0 Å². The van der Waals surface area contributed by atoms with Crippen LogP contribution in [0, 0.1) is 0 Å². The molecule has 0 radical (unpaired) electrons. The van der Waals surface area contributed by atoms with Crippen molar-refractivity contribution in [3.8, 4) is 0 Å². The number of rotatable bonds is 5. The third-order valence-corrected chi connectivity index (χ3v) is 5.37. The molecule has 1 aliphatic heterocycles. The SMILES string of the molecule is CN(C)C(=O)NCCCCC1CCSS1. The Labute approximate surface area is 100 Å². The second kappa shape index (κ2) is 7.28. The largest absolute Gasteiger partial charge is 0.338 e. The average Bonchev–Trinajstić information content (AvgIpc) is 2.69. The highest BCUT2D eigenvalue weighted by Gasteiger charge is 2.15. The van der Waals surface area contributed by atoms with Crippen LogP contribution < -0.4 is 5.32 Å². The number of urea groups is 1. The van der Waals surface area contributed by atoms with Crippen LogP contribution in [0.3, 0.4) is 0 Å². The Bertz CT molecular complexity index is 194. The van der Waals surface area contributed by atoms with Crippen LogP contribution in [0.15, 0.2) is 0 Å². The summed E-state index contributed by atoms with van der Waals surface area (Å²) < 4.78 is 0. The topological polar surface area (TPSA) is 32.3 Å². The van der Waals surface area contributed by atoms with E-state index in [4.69, 9.17) is 0 Å². The van der Waals surface area contributed by atoms with Crippen molar-refractivity contribution in [3.05, 3.63) is 0 Å². The van der Waals surface area contributed by atoms with Crippen molar-refractivity contribution in [2.45, 2.75) is 30.9 Å². The third kappa shape index (κ3) is 5.56. The highest BCUT2D eigenvalue weighted by atomic mass is 33.1. The molecule has 2 amide bonds. The summed E-state index contributed by atoms with van der Waals surface area (Å²) in [6.07, 6.45) is 4.99. The van der Waals surface area contributed by atoms with E-state index in [1.165, 1.54) is 25.0 Å². The third-order valence-electron chi connectivity index (χ3n) is 2.36. The van der Waals surface area contributed by atoms with Crippen molar-refractivity contribution >= 4 is 27.6 Å². The summed E-state index contributed by atoms with van der Waals surface area (Å²) in [6, 6.07) is 0.0146. The monoisotopic (exact) mass is 248 g/mol. The van der Waals surface area contributed by atoms with Crippen LogP contribution in [0.4, 0.5) is 4.79 Å². The molecule has 5 heteroatoms. The lowest BCUT2D eigenvalue weighted by Crippen LogP contribution is -2.34. The molecule has 0 spiro atoms. The van der Waals surface area contributed by atoms with Crippen molar-refractivity contribution in [1.82, 2.24) is 10.2 Å². The fourth-order valence-electron chi connectivity index (χ4n) is 1.41. The summed E-state index contributed by atoms with van der Waals surface area (Å²) in [4.78, 5) is 12.7. The Morgan fingerprint density at radius 2 is 2.27 bits per heavy atom. The molecule has 1 heterocycles. The van der Waals surface area contributed by atoms with Gasteiger partial charge in [-0.1, -0.05) is 28.0 Å². The van der Waals surface area contributed by atoms with E-state index in [1.807, 2.05) is 21.6 Å². The number of amides is 2. The lowest BCUT2D eigenvalue weighted by atomic mass is 10.1. The second-order valence-corrected chi connectivity index (χ2v) is 6.74. The molecule has 1 N–H and O–H groups in total. The van der Waals surface area contributed by atoms with Gasteiger partial charge in [0.2, 0.25) is 0 Å². The first kappa shape index (κ1) is 13.0. The number of hydrogen-bond acceptors (Lipinski definition) is 3. The highest BCUT2D eigenvalue weighted by molar-refractivity contribution is 8.77. The number of nitrogens with one attached hydrogen (secondary N) is 1. The molecule has 0 saturated carbocycles. The van der Waals surface area contributed by atoms with Gasteiger partial charge in [0.25, 0.3) is 0 Å². The lowest BCUT2D eigenvalue weighted by molar-refractivity contribution is 0.217. The van der Waals surface area contributed by atoms with E-state index in [-0.39, 0.29) is 6.03 Å². The fourth-order valence-corrected chi connectivity index (χ4v) is 4.44. The van der Waals surface area contributed by atoms with E-state index in [0.717, 1.165) is 18.2 Å². The number of carbonyl (C=O) groups is 1. The van der Waals surface area contributed by atoms with Gasteiger partial charge in [0.05, 0.1) is 0 Å². The molecule has 88 valence electrons. The van der Waals surface area contributed by atoms with Crippen LogP contribution in [0.1, 0.15) is 25.7 Å². The van der Waals surface area contributed by atoms with E-state index >= 15 is 0 Å². The Hall–Kier alpha value is -0.0300. The molecular weight excluding hydrogens is 228 g/mol. The zero-order chi connectivity index (χ0) is 11.1. The maximum absolute atomic E-state index is 11.2. The predicted octanol–water partition coefficient (Wildman–Crippen LogP) is 2.58. The standard InChI is InChI=1S/C10H20N2OS2/c1-12(2)10(13)11-7-4-3-5-9-6-8-14-15-9/h9H,3-8H2,1-2H3,(H,11,13). The Kier molecular flexibility index (Phi) is 6.32. The minimum Gasteiger partial charge on any atom is -0.338 e.